The summed E-state index contributed by atoms with van der Waals surface area (Å²) in [5.41, 5.74) is -0.657. The highest BCUT2D eigenvalue weighted by Crippen LogP contribution is 2.27. The number of carboxylic acids is 1. The maximum atomic E-state index is 11.9. The molecule has 0 bridgehead atoms. The number of amides is 1. The Morgan fingerprint density at radius 2 is 1.94 bits per heavy atom. The number of anilines is 1. The molecule has 1 unspecified atom stereocenters. The topological polar surface area (TPSA) is 92.2 Å². The van der Waals surface area contributed by atoms with Crippen LogP contribution in [-0.2, 0) is 9.59 Å². The molecule has 0 aliphatic carbocycles. The van der Waals surface area contributed by atoms with E-state index in [2.05, 4.69) is 15.5 Å². The van der Waals surface area contributed by atoms with Gasteiger partial charge in [0.15, 0.2) is 0 Å². The number of nitrogens with one attached hydrogen (secondary N) is 1. The van der Waals surface area contributed by atoms with E-state index < -0.39 is 23.2 Å². The molecule has 0 aliphatic heterocycles. The molecule has 0 saturated carbocycles. The maximum Gasteiger partial charge on any atom is 0.316 e. The predicted octanol–water partition coefficient (Wildman–Crippen LogP) is 1.53. The summed E-state index contributed by atoms with van der Waals surface area (Å²) in [6.07, 6.45) is 0. The Labute approximate surface area is 103 Å². The molecule has 0 fully saturated rings. The van der Waals surface area contributed by atoms with E-state index in [1.807, 2.05) is 0 Å². The molecule has 7 heteroatoms. The summed E-state index contributed by atoms with van der Waals surface area (Å²) in [5.74, 6) is -2.83. The van der Waals surface area contributed by atoms with Gasteiger partial charge < -0.3 is 5.11 Å². The van der Waals surface area contributed by atoms with Crippen LogP contribution in [0.1, 0.15) is 25.8 Å². The molecule has 1 aromatic heterocycles. The van der Waals surface area contributed by atoms with Crippen molar-refractivity contribution in [3.63, 3.8) is 0 Å². The molecule has 0 spiro atoms. The van der Waals surface area contributed by atoms with E-state index in [1.54, 1.807) is 27.7 Å². The smallest absolute Gasteiger partial charge is 0.316 e. The van der Waals surface area contributed by atoms with Crippen molar-refractivity contribution in [3.05, 3.63) is 5.01 Å². The number of carboxylic acid groups (broad SMARTS) is 1. The van der Waals surface area contributed by atoms with Crippen LogP contribution in [0.25, 0.3) is 0 Å². The van der Waals surface area contributed by atoms with Crippen LogP contribution in [0, 0.1) is 18.3 Å². The Hall–Kier alpha value is -1.50. The highest BCUT2D eigenvalue weighted by Gasteiger charge is 2.38. The fourth-order valence-electron chi connectivity index (χ4n) is 1.40. The number of carbonyl (C=O) groups is 2. The van der Waals surface area contributed by atoms with Crippen LogP contribution < -0.4 is 5.32 Å². The number of carbonyl (C=O) groups excluding carboxylic acids is 1. The SMILES string of the molecule is Cc1nnc(NC(=O)C(C(=O)O)C(C)(C)C)s1. The first kappa shape index (κ1) is 13.6. The first-order valence-corrected chi connectivity index (χ1v) is 5.87. The van der Waals surface area contributed by atoms with E-state index in [0.717, 1.165) is 0 Å². The van der Waals surface area contributed by atoms with E-state index in [-0.39, 0.29) is 0 Å². The summed E-state index contributed by atoms with van der Waals surface area (Å²) in [7, 11) is 0. The van der Waals surface area contributed by atoms with Gasteiger partial charge in [0.05, 0.1) is 0 Å². The molecular weight excluding hydrogens is 242 g/mol. The molecule has 1 aromatic rings. The second-order valence-electron chi connectivity index (χ2n) is 4.75. The molecule has 1 heterocycles. The molecule has 2 N–H and O–H groups in total. The Bertz CT molecular complexity index is 436. The molecule has 1 atom stereocenters. The van der Waals surface area contributed by atoms with Gasteiger partial charge in [-0.05, 0) is 12.3 Å². The molecular formula is C10H15N3O3S. The largest absolute Gasteiger partial charge is 0.481 e. The van der Waals surface area contributed by atoms with E-state index in [1.165, 1.54) is 11.3 Å². The van der Waals surface area contributed by atoms with Gasteiger partial charge in [0.2, 0.25) is 11.0 Å². The lowest BCUT2D eigenvalue weighted by Gasteiger charge is -2.25. The Kier molecular flexibility index (Phi) is 3.82. The van der Waals surface area contributed by atoms with Gasteiger partial charge in [-0.3, -0.25) is 14.9 Å². The van der Waals surface area contributed by atoms with Crippen LogP contribution in [0.3, 0.4) is 0 Å². The van der Waals surface area contributed by atoms with E-state index in [0.29, 0.717) is 10.1 Å². The number of aliphatic carboxylic acids is 1. The number of hydrogen-bond donors (Lipinski definition) is 2. The zero-order valence-electron chi connectivity index (χ0n) is 10.1. The minimum absolute atomic E-state index is 0.322. The zero-order valence-corrected chi connectivity index (χ0v) is 11.0. The van der Waals surface area contributed by atoms with Gasteiger partial charge in [0.1, 0.15) is 10.9 Å². The van der Waals surface area contributed by atoms with Crippen LogP contribution >= 0.6 is 11.3 Å². The quantitative estimate of drug-likeness (QED) is 0.801. The molecule has 94 valence electrons. The van der Waals surface area contributed by atoms with Gasteiger partial charge in [-0.15, -0.1) is 10.2 Å². The predicted molar refractivity (Wildman–Crippen MR) is 63.9 cm³/mol. The van der Waals surface area contributed by atoms with Crippen molar-refractivity contribution >= 4 is 28.3 Å². The zero-order chi connectivity index (χ0) is 13.2. The summed E-state index contributed by atoms with van der Waals surface area (Å²) >= 11 is 1.21. The molecule has 6 nitrogen and oxygen atoms in total. The summed E-state index contributed by atoms with van der Waals surface area (Å²) in [6, 6.07) is 0. The van der Waals surface area contributed by atoms with Crippen molar-refractivity contribution < 1.29 is 14.7 Å². The highest BCUT2D eigenvalue weighted by molar-refractivity contribution is 7.15. The van der Waals surface area contributed by atoms with Crippen molar-refractivity contribution in [2.45, 2.75) is 27.7 Å². The van der Waals surface area contributed by atoms with Gasteiger partial charge in [0, 0.05) is 0 Å². The summed E-state index contributed by atoms with van der Waals surface area (Å²) < 4.78 is 0. The van der Waals surface area contributed by atoms with Crippen LogP contribution in [-0.4, -0.2) is 27.2 Å². The third-order valence-corrected chi connectivity index (χ3v) is 2.89. The molecule has 0 aromatic carbocycles. The van der Waals surface area contributed by atoms with Gasteiger partial charge in [-0.2, -0.15) is 0 Å². The number of nitrogens with zero attached hydrogens (tertiary/aromatic N) is 2. The third-order valence-electron chi connectivity index (χ3n) is 2.13. The molecule has 1 amide bonds. The number of aryl methyl sites for hydroxylation is 1. The van der Waals surface area contributed by atoms with Gasteiger partial charge >= 0.3 is 5.97 Å². The maximum absolute atomic E-state index is 11.9. The minimum Gasteiger partial charge on any atom is -0.481 e. The average Bonchev–Trinajstić information content (AvgIpc) is 2.46. The monoisotopic (exact) mass is 257 g/mol. The van der Waals surface area contributed by atoms with Crippen LogP contribution in [0.4, 0.5) is 5.13 Å². The Balaban J connectivity index is 2.84. The molecule has 17 heavy (non-hydrogen) atoms. The van der Waals surface area contributed by atoms with Crippen molar-refractivity contribution in [2.75, 3.05) is 5.32 Å². The fourth-order valence-corrected chi connectivity index (χ4v) is 2.00. The Morgan fingerprint density at radius 3 is 2.29 bits per heavy atom. The minimum atomic E-state index is -1.14. The number of aromatic nitrogens is 2. The molecule has 1 rings (SSSR count). The normalized spacial score (nSPS) is 13.2. The lowest BCUT2D eigenvalue weighted by atomic mass is 9.80. The fraction of sp³-hybridized carbons (Fsp3) is 0.600. The second-order valence-corrected chi connectivity index (χ2v) is 5.93. The van der Waals surface area contributed by atoms with Gasteiger partial charge in [0.25, 0.3) is 0 Å². The van der Waals surface area contributed by atoms with Crippen LogP contribution in [0.15, 0.2) is 0 Å². The van der Waals surface area contributed by atoms with Crippen LogP contribution in [0.2, 0.25) is 0 Å². The van der Waals surface area contributed by atoms with Crippen LogP contribution in [0.5, 0.6) is 0 Å². The molecule has 0 aliphatic rings. The lowest BCUT2D eigenvalue weighted by Crippen LogP contribution is -2.39. The highest BCUT2D eigenvalue weighted by atomic mass is 32.1. The molecule has 0 radical (unpaired) electrons. The summed E-state index contributed by atoms with van der Waals surface area (Å²) in [6.45, 7) is 6.87. The first-order chi connectivity index (χ1) is 7.71. The number of rotatable bonds is 3. The first-order valence-electron chi connectivity index (χ1n) is 5.05. The third kappa shape index (κ3) is 3.48. The van der Waals surface area contributed by atoms with Crippen molar-refractivity contribution in [1.82, 2.24) is 10.2 Å². The summed E-state index contributed by atoms with van der Waals surface area (Å²) in [5, 5.41) is 20.0. The second kappa shape index (κ2) is 4.79. The Morgan fingerprint density at radius 1 is 1.35 bits per heavy atom. The van der Waals surface area contributed by atoms with Crippen molar-refractivity contribution in [3.8, 4) is 0 Å². The van der Waals surface area contributed by atoms with Crippen molar-refractivity contribution in [1.29, 1.82) is 0 Å². The average molecular weight is 257 g/mol. The standard InChI is InChI=1S/C10H15N3O3S/c1-5-12-13-9(17-5)11-7(14)6(8(15)16)10(2,3)4/h6H,1-4H3,(H,15,16)(H,11,13,14). The molecule has 0 saturated heterocycles. The number of hydrogen-bond acceptors (Lipinski definition) is 5. The van der Waals surface area contributed by atoms with E-state index in [9.17, 15) is 9.59 Å². The van der Waals surface area contributed by atoms with Gasteiger partial charge in [-0.25, -0.2) is 0 Å². The van der Waals surface area contributed by atoms with E-state index >= 15 is 0 Å². The lowest BCUT2D eigenvalue weighted by molar-refractivity contribution is -0.149. The van der Waals surface area contributed by atoms with E-state index in [4.69, 9.17) is 5.11 Å². The summed E-state index contributed by atoms with van der Waals surface area (Å²) in [4.78, 5) is 22.9. The van der Waals surface area contributed by atoms with Gasteiger partial charge in [-0.1, -0.05) is 32.1 Å². The van der Waals surface area contributed by atoms with Crippen molar-refractivity contribution in [2.24, 2.45) is 11.3 Å².